The van der Waals surface area contributed by atoms with Crippen molar-refractivity contribution in [3.05, 3.63) is 12.2 Å². The van der Waals surface area contributed by atoms with Gasteiger partial charge >= 0.3 is 11.9 Å². The number of rotatable bonds is 47. The molecular weight excluding hydrogens is 773 g/mol. The lowest BCUT2D eigenvalue weighted by Crippen LogP contribution is -2.36. The van der Waals surface area contributed by atoms with Crippen LogP contribution in [0.4, 0.5) is 0 Å². The SMILES string of the molecule is CCCCCCCCCCC(CCCCC=CC(=O)OC(CCCCCCCC)CCCCCCCC)NC(=O)CCC(CCCCCCCC(=O)OOC(CC)CC)N(C)C. The number of esters is 1. The molecule has 0 aliphatic rings. The van der Waals surface area contributed by atoms with Gasteiger partial charge in [-0.2, -0.15) is 4.89 Å². The fourth-order valence-corrected chi connectivity index (χ4v) is 8.44. The second kappa shape index (κ2) is 45.6. The number of ether oxygens (including phenoxy) is 1. The van der Waals surface area contributed by atoms with E-state index in [-0.39, 0.29) is 36.1 Å². The summed E-state index contributed by atoms with van der Waals surface area (Å²) in [5.41, 5.74) is 0. The monoisotopic (exact) mass is 877 g/mol. The van der Waals surface area contributed by atoms with Crippen molar-refractivity contribution >= 4 is 17.8 Å². The Morgan fingerprint density at radius 3 is 1.45 bits per heavy atom. The van der Waals surface area contributed by atoms with Gasteiger partial charge in [0.1, 0.15) is 12.2 Å². The van der Waals surface area contributed by atoms with Crippen molar-refractivity contribution in [2.45, 2.75) is 303 Å². The molecule has 0 rings (SSSR count). The zero-order valence-corrected chi connectivity index (χ0v) is 42.2. The van der Waals surface area contributed by atoms with Crippen LogP contribution in [0.3, 0.4) is 0 Å². The molecule has 8 heteroatoms. The molecule has 366 valence electrons. The first-order valence-corrected chi connectivity index (χ1v) is 26.9. The van der Waals surface area contributed by atoms with Crippen molar-refractivity contribution in [2.75, 3.05) is 14.1 Å². The highest BCUT2D eigenvalue weighted by atomic mass is 17.2. The summed E-state index contributed by atoms with van der Waals surface area (Å²) in [6.45, 7) is 10.8. The highest BCUT2D eigenvalue weighted by Gasteiger charge is 2.17. The summed E-state index contributed by atoms with van der Waals surface area (Å²) in [4.78, 5) is 50.7. The standard InChI is InChI=1S/C54H104N2O6/c1-8-13-16-19-22-23-25-32-39-48(55-52(57)47-46-49(56(6)7)41-34-26-24-29-38-45-54(59)62-61-50(11-4)12-5)40-33-30-31-37-44-53(58)60-51(42-35-27-20-17-14-9-2)43-36-28-21-18-15-10-3/h37,44,48-51H,8-36,38-43,45-47H2,1-7H3,(H,55,57). The van der Waals surface area contributed by atoms with E-state index in [4.69, 9.17) is 14.5 Å². The molecule has 0 spiro atoms. The van der Waals surface area contributed by atoms with Gasteiger partial charge in [-0.05, 0) is 97.6 Å². The van der Waals surface area contributed by atoms with Crippen LogP contribution in [0, 0.1) is 0 Å². The van der Waals surface area contributed by atoms with Gasteiger partial charge in [-0.15, -0.1) is 0 Å². The molecule has 0 aliphatic carbocycles. The topological polar surface area (TPSA) is 94.2 Å². The van der Waals surface area contributed by atoms with E-state index in [1.54, 1.807) is 6.08 Å². The van der Waals surface area contributed by atoms with Gasteiger partial charge in [0.05, 0.1) is 0 Å². The van der Waals surface area contributed by atoms with Gasteiger partial charge < -0.3 is 15.0 Å². The lowest BCUT2D eigenvalue weighted by molar-refractivity contribution is -0.298. The molecule has 0 saturated heterocycles. The number of nitrogens with one attached hydrogen (secondary N) is 1. The molecule has 0 fully saturated rings. The largest absolute Gasteiger partial charge is 0.459 e. The summed E-state index contributed by atoms with van der Waals surface area (Å²) in [5.74, 6) is -0.268. The number of carbonyl (C=O) groups is 3. The Kier molecular flexibility index (Phi) is 44.2. The highest BCUT2D eigenvalue weighted by Crippen LogP contribution is 2.20. The number of hydrogen-bond donors (Lipinski definition) is 1. The van der Waals surface area contributed by atoms with Crippen molar-refractivity contribution in [2.24, 2.45) is 0 Å². The molecule has 0 aromatic heterocycles. The van der Waals surface area contributed by atoms with Crippen LogP contribution in [-0.2, 0) is 28.9 Å². The van der Waals surface area contributed by atoms with Gasteiger partial charge in [0.2, 0.25) is 5.91 Å². The molecule has 0 aromatic rings. The van der Waals surface area contributed by atoms with E-state index < -0.39 is 0 Å². The minimum Gasteiger partial charge on any atom is -0.459 e. The Morgan fingerprint density at radius 1 is 0.500 bits per heavy atom. The summed E-state index contributed by atoms with van der Waals surface area (Å²) in [7, 11) is 4.25. The van der Waals surface area contributed by atoms with E-state index >= 15 is 0 Å². The third-order valence-electron chi connectivity index (χ3n) is 12.8. The van der Waals surface area contributed by atoms with E-state index in [1.807, 2.05) is 19.9 Å². The maximum absolute atomic E-state index is 13.3. The number of unbranched alkanes of at least 4 members (excludes halogenated alkanes) is 23. The zero-order valence-electron chi connectivity index (χ0n) is 42.2. The minimum atomic E-state index is -0.269. The Morgan fingerprint density at radius 2 is 0.952 bits per heavy atom. The quantitative estimate of drug-likeness (QED) is 0.0214. The van der Waals surface area contributed by atoms with E-state index in [9.17, 15) is 14.4 Å². The number of carbonyl (C=O) groups excluding carboxylic acids is 3. The van der Waals surface area contributed by atoms with Crippen LogP contribution in [-0.4, -0.2) is 61.1 Å². The van der Waals surface area contributed by atoms with Crippen molar-refractivity contribution in [3.63, 3.8) is 0 Å². The number of nitrogens with zero attached hydrogens (tertiary/aromatic N) is 1. The molecule has 2 unspecified atom stereocenters. The fraction of sp³-hybridized carbons (Fsp3) is 0.907. The maximum atomic E-state index is 13.3. The lowest BCUT2D eigenvalue weighted by atomic mass is 9.99. The number of hydrogen-bond acceptors (Lipinski definition) is 7. The molecular formula is C54H104N2O6. The normalized spacial score (nSPS) is 12.8. The van der Waals surface area contributed by atoms with Crippen LogP contribution in [0.25, 0.3) is 0 Å². The Bertz CT molecular complexity index is 1010. The average Bonchev–Trinajstić information content (AvgIpc) is 3.25. The van der Waals surface area contributed by atoms with Crippen molar-refractivity contribution in [1.82, 2.24) is 10.2 Å². The molecule has 1 amide bonds. The molecule has 2 atom stereocenters. The van der Waals surface area contributed by atoms with Crippen LogP contribution in [0.2, 0.25) is 0 Å². The van der Waals surface area contributed by atoms with Gasteiger partial charge in [-0.1, -0.05) is 188 Å². The van der Waals surface area contributed by atoms with Gasteiger partial charge in [0.15, 0.2) is 0 Å². The van der Waals surface area contributed by atoms with E-state index in [1.165, 1.54) is 109 Å². The molecule has 1 N–H and O–H groups in total. The summed E-state index contributed by atoms with van der Waals surface area (Å²) in [5, 5.41) is 3.45. The molecule has 0 saturated carbocycles. The molecule has 0 heterocycles. The number of amides is 1. The fourth-order valence-electron chi connectivity index (χ4n) is 8.44. The highest BCUT2D eigenvalue weighted by molar-refractivity contribution is 5.82. The summed E-state index contributed by atoms with van der Waals surface area (Å²) < 4.78 is 6.01. The van der Waals surface area contributed by atoms with Gasteiger partial charge in [-0.25, -0.2) is 9.59 Å². The molecule has 0 aromatic carbocycles. The van der Waals surface area contributed by atoms with Gasteiger partial charge in [-0.3, -0.25) is 9.68 Å². The molecule has 62 heavy (non-hydrogen) atoms. The average molecular weight is 877 g/mol. The first-order chi connectivity index (χ1) is 30.2. The Hall–Kier alpha value is -1.93. The minimum absolute atomic E-state index is 0.0167. The van der Waals surface area contributed by atoms with Crippen LogP contribution < -0.4 is 5.32 Å². The third-order valence-corrected chi connectivity index (χ3v) is 12.8. The Balaban J connectivity index is 4.84. The van der Waals surface area contributed by atoms with E-state index in [2.05, 4.69) is 45.1 Å². The molecule has 0 aliphatic heterocycles. The maximum Gasteiger partial charge on any atom is 0.342 e. The molecule has 0 bridgehead atoms. The first kappa shape index (κ1) is 60.1. The predicted octanol–water partition coefficient (Wildman–Crippen LogP) is 15.6. The van der Waals surface area contributed by atoms with Crippen LogP contribution >= 0.6 is 0 Å². The molecule has 0 radical (unpaired) electrons. The Labute approximate surface area is 384 Å². The van der Waals surface area contributed by atoms with Crippen LogP contribution in [0.15, 0.2) is 12.2 Å². The number of allylic oxidation sites excluding steroid dienone is 1. The predicted molar refractivity (Wildman–Crippen MR) is 263 cm³/mol. The first-order valence-electron chi connectivity index (χ1n) is 26.9. The third kappa shape index (κ3) is 39.6. The van der Waals surface area contributed by atoms with E-state index in [0.29, 0.717) is 18.9 Å². The van der Waals surface area contributed by atoms with Crippen molar-refractivity contribution in [3.8, 4) is 0 Å². The second-order valence-corrected chi connectivity index (χ2v) is 18.8. The summed E-state index contributed by atoms with van der Waals surface area (Å²) in [6, 6.07) is 0.589. The molecule has 8 nitrogen and oxygen atoms in total. The zero-order chi connectivity index (χ0) is 45.7. The lowest BCUT2D eigenvalue weighted by Gasteiger charge is -2.25. The van der Waals surface area contributed by atoms with E-state index in [0.717, 1.165) is 122 Å². The van der Waals surface area contributed by atoms with Crippen molar-refractivity contribution in [1.29, 1.82) is 0 Å². The smallest absolute Gasteiger partial charge is 0.342 e. The van der Waals surface area contributed by atoms with Crippen molar-refractivity contribution < 1.29 is 28.9 Å². The van der Waals surface area contributed by atoms with Crippen LogP contribution in [0.5, 0.6) is 0 Å². The summed E-state index contributed by atoms with van der Waals surface area (Å²) in [6.07, 6.45) is 45.8. The van der Waals surface area contributed by atoms with Crippen LogP contribution in [0.1, 0.15) is 279 Å². The second-order valence-electron chi connectivity index (χ2n) is 18.8. The van der Waals surface area contributed by atoms with Gasteiger partial charge in [0.25, 0.3) is 0 Å². The summed E-state index contributed by atoms with van der Waals surface area (Å²) >= 11 is 0. The van der Waals surface area contributed by atoms with Gasteiger partial charge in [0, 0.05) is 31.0 Å².